The maximum atomic E-state index is 15.2. The van der Waals surface area contributed by atoms with E-state index >= 15 is 4.39 Å². The molecule has 0 N–H and O–H groups in total. The van der Waals surface area contributed by atoms with Crippen LogP contribution in [0.15, 0.2) is 66.8 Å². The summed E-state index contributed by atoms with van der Waals surface area (Å²) < 4.78 is 36.2. The van der Waals surface area contributed by atoms with Gasteiger partial charge in [-0.25, -0.2) is 18.3 Å². The monoisotopic (exact) mass is 461 g/mol. The van der Waals surface area contributed by atoms with Crippen LogP contribution in [0, 0.1) is 11.6 Å². The fourth-order valence-corrected chi connectivity index (χ4v) is 4.32. The van der Waals surface area contributed by atoms with Gasteiger partial charge < -0.3 is 9.64 Å². The minimum Gasteiger partial charge on any atom is -0.469 e. The first-order valence-corrected chi connectivity index (χ1v) is 11.4. The fraction of sp³-hybridized carbons (Fsp3) is 0.269. The van der Waals surface area contributed by atoms with Crippen LogP contribution in [0.5, 0.6) is 5.88 Å². The van der Waals surface area contributed by atoms with Gasteiger partial charge in [0.25, 0.3) is 0 Å². The summed E-state index contributed by atoms with van der Waals surface area (Å²) in [6.45, 7) is 4.71. The Balaban J connectivity index is 1.44. The van der Waals surface area contributed by atoms with Crippen molar-refractivity contribution in [3.8, 4) is 17.1 Å². The van der Waals surface area contributed by atoms with Gasteiger partial charge >= 0.3 is 0 Å². The first kappa shape index (κ1) is 22.0. The molecule has 1 aromatic carbocycles. The number of pyridine rings is 1. The fourth-order valence-electron chi connectivity index (χ4n) is 4.32. The van der Waals surface area contributed by atoms with Crippen LogP contribution < -0.4 is 9.64 Å². The summed E-state index contributed by atoms with van der Waals surface area (Å²) in [7, 11) is 0. The molecule has 0 saturated carbocycles. The predicted molar refractivity (Wildman–Crippen MR) is 127 cm³/mol. The number of benzene rings is 1. The number of halogens is 2. The Morgan fingerprint density at radius 2 is 2.00 bits per heavy atom. The van der Waals surface area contributed by atoms with Crippen LogP contribution in [0.1, 0.15) is 44.8 Å². The Bertz CT molecular complexity index is 1370. The van der Waals surface area contributed by atoms with Crippen molar-refractivity contribution in [2.24, 2.45) is 0 Å². The second kappa shape index (κ2) is 9.21. The van der Waals surface area contributed by atoms with E-state index in [1.165, 1.54) is 17.8 Å². The van der Waals surface area contributed by atoms with Crippen molar-refractivity contribution in [3.63, 3.8) is 0 Å². The third-order valence-corrected chi connectivity index (χ3v) is 5.97. The Labute approximate surface area is 196 Å². The van der Waals surface area contributed by atoms with Crippen molar-refractivity contribution in [3.05, 3.63) is 84.0 Å². The molecule has 4 heterocycles. The van der Waals surface area contributed by atoms with Crippen molar-refractivity contribution in [1.82, 2.24) is 19.6 Å². The summed E-state index contributed by atoms with van der Waals surface area (Å²) in [6.07, 6.45) is 9.00. The van der Waals surface area contributed by atoms with Gasteiger partial charge in [0.2, 0.25) is 5.88 Å². The summed E-state index contributed by atoms with van der Waals surface area (Å²) in [4.78, 5) is 10.3. The SMILES string of the molecule is CC/C=C1\CCCN1c1ccc(-c2cnc3ccc(OC(C)c4cncc(F)c4)nn23)cc1F. The van der Waals surface area contributed by atoms with Crippen LogP contribution in [0.4, 0.5) is 14.5 Å². The lowest BCUT2D eigenvalue weighted by Crippen LogP contribution is -2.17. The van der Waals surface area contributed by atoms with E-state index in [-0.39, 0.29) is 5.82 Å². The molecule has 0 amide bonds. The summed E-state index contributed by atoms with van der Waals surface area (Å²) in [6, 6.07) is 10.1. The van der Waals surface area contributed by atoms with E-state index in [2.05, 4.69) is 33.0 Å². The van der Waals surface area contributed by atoms with E-state index in [1.807, 2.05) is 12.1 Å². The lowest BCUT2D eigenvalue weighted by atomic mass is 10.1. The number of hydrogen-bond acceptors (Lipinski definition) is 5. The van der Waals surface area contributed by atoms with Crippen molar-refractivity contribution >= 4 is 11.3 Å². The van der Waals surface area contributed by atoms with Gasteiger partial charge in [-0.2, -0.15) is 0 Å². The number of imidazole rings is 1. The van der Waals surface area contributed by atoms with Gasteiger partial charge in [0, 0.05) is 35.6 Å². The van der Waals surface area contributed by atoms with Gasteiger partial charge in [0.15, 0.2) is 5.65 Å². The van der Waals surface area contributed by atoms with Gasteiger partial charge in [-0.3, -0.25) is 4.98 Å². The van der Waals surface area contributed by atoms with E-state index in [9.17, 15) is 4.39 Å². The highest BCUT2D eigenvalue weighted by Gasteiger charge is 2.22. The normalized spacial score (nSPS) is 15.9. The first-order chi connectivity index (χ1) is 16.5. The third-order valence-electron chi connectivity index (χ3n) is 5.97. The number of fused-ring (bicyclic) bond motifs is 1. The predicted octanol–water partition coefficient (Wildman–Crippen LogP) is 6.10. The highest BCUT2D eigenvalue weighted by Crippen LogP contribution is 2.33. The average Bonchev–Trinajstić information content (AvgIpc) is 3.46. The van der Waals surface area contributed by atoms with Gasteiger partial charge in [0.05, 0.1) is 23.8 Å². The molecule has 1 aliphatic heterocycles. The molecule has 3 aromatic heterocycles. The smallest absolute Gasteiger partial charge is 0.232 e. The van der Waals surface area contributed by atoms with E-state index < -0.39 is 11.9 Å². The molecule has 1 unspecified atom stereocenters. The molecule has 1 aliphatic rings. The molecule has 0 spiro atoms. The molecule has 34 heavy (non-hydrogen) atoms. The number of rotatable bonds is 6. The minimum absolute atomic E-state index is 0.281. The van der Waals surface area contributed by atoms with Crippen molar-refractivity contribution in [2.75, 3.05) is 11.4 Å². The number of ether oxygens (including phenoxy) is 1. The van der Waals surface area contributed by atoms with Crippen molar-refractivity contribution in [1.29, 1.82) is 0 Å². The second-order valence-corrected chi connectivity index (χ2v) is 8.31. The van der Waals surface area contributed by atoms with Crippen LogP contribution in [0.3, 0.4) is 0 Å². The molecule has 0 radical (unpaired) electrons. The Morgan fingerprint density at radius 3 is 2.79 bits per heavy atom. The quantitative estimate of drug-likeness (QED) is 0.347. The van der Waals surface area contributed by atoms with Crippen LogP contribution in [-0.2, 0) is 0 Å². The Kier molecular flexibility index (Phi) is 5.96. The molecular formula is C26H25F2N5O. The van der Waals surface area contributed by atoms with Gasteiger partial charge in [0.1, 0.15) is 17.7 Å². The number of anilines is 1. The molecule has 1 saturated heterocycles. The number of hydrogen-bond donors (Lipinski definition) is 0. The third kappa shape index (κ3) is 4.23. The van der Waals surface area contributed by atoms with E-state index in [0.717, 1.165) is 32.0 Å². The Hall–Kier alpha value is -3.81. The average molecular weight is 462 g/mol. The molecule has 174 valence electrons. The molecule has 8 heteroatoms. The van der Waals surface area contributed by atoms with Gasteiger partial charge in [-0.1, -0.05) is 19.1 Å². The molecule has 5 rings (SSSR count). The highest BCUT2D eigenvalue weighted by molar-refractivity contribution is 5.67. The molecule has 4 aromatic rings. The van der Waals surface area contributed by atoms with Gasteiger partial charge in [-0.05, 0) is 50.5 Å². The molecule has 1 atom stereocenters. The molecular weight excluding hydrogens is 436 g/mol. The van der Waals surface area contributed by atoms with E-state index in [0.29, 0.717) is 34.0 Å². The van der Waals surface area contributed by atoms with Crippen LogP contribution in [0.25, 0.3) is 16.9 Å². The topological polar surface area (TPSA) is 55.5 Å². The summed E-state index contributed by atoms with van der Waals surface area (Å²) >= 11 is 0. The molecule has 0 bridgehead atoms. The lowest BCUT2D eigenvalue weighted by Gasteiger charge is -2.21. The highest BCUT2D eigenvalue weighted by atomic mass is 19.1. The zero-order chi connectivity index (χ0) is 23.7. The Morgan fingerprint density at radius 1 is 1.12 bits per heavy atom. The maximum Gasteiger partial charge on any atom is 0.232 e. The van der Waals surface area contributed by atoms with Gasteiger partial charge in [-0.15, -0.1) is 5.10 Å². The summed E-state index contributed by atoms with van der Waals surface area (Å²) in [5, 5.41) is 4.54. The lowest BCUT2D eigenvalue weighted by molar-refractivity contribution is 0.213. The van der Waals surface area contributed by atoms with E-state index in [4.69, 9.17) is 4.74 Å². The maximum absolute atomic E-state index is 15.2. The zero-order valence-corrected chi connectivity index (χ0v) is 19.1. The molecule has 0 aliphatic carbocycles. The second-order valence-electron chi connectivity index (χ2n) is 8.31. The number of nitrogens with zero attached hydrogens (tertiary/aromatic N) is 5. The molecule has 1 fully saturated rings. The number of allylic oxidation sites excluding steroid dienone is 2. The van der Waals surface area contributed by atoms with Crippen LogP contribution in [0.2, 0.25) is 0 Å². The largest absolute Gasteiger partial charge is 0.469 e. The minimum atomic E-state index is -0.456. The van der Waals surface area contributed by atoms with Crippen LogP contribution in [-0.4, -0.2) is 26.1 Å². The zero-order valence-electron chi connectivity index (χ0n) is 19.1. The van der Waals surface area contributed by atoms with E-state index in [1.54, 1.807) is 36.0 Å². The van der Waals surface area contributed by atoms with Crippen molar-refractivity contribution < 1.29 is 13.5 Å². The summed E-state index contributed by atoms with van der Waals surface area (Å²) in [5.41, 5.74) is 4.29. The number of aromatic nitrogens is 4. The summed E-state index contributed by atoms with van der Waals surface area (Å²) in [5.74, 6) is -0.368. The molecule has 6 nitrogen and oxygen atoms in total. The van der Waals surface area contributed by atoms with Crippen molar-refractivity contribution in [2.45, 2.75) is 39.2 Å². The van der Waals surface area contributed by atoms with Crippen LogP contribution >= 0.6 is 0 Å². The standard InChI is InChI=1S/C26H25F2N5O/c1-3-5-21-6-4-11-32(21)23-8-7-18(13-22(23)28)24-16-30-25-9-10-26(31-33(24)25)34-17(2)19-12-20(27)15-29-14-19/h5,7-10,12-17H,3-4,6,11H2,1-2H3/b21-5+. The first-order valence-electron chi connectivity index (χ1n) is 11.4.